The normalized spacial score (nSPS) is 23.5. The minimum absolute atomic E-state index is 0.00793. The highest BCUT2D eigenvalue weighted by atomic mass is 16.8. The highest BCUT2D eigenvalue weighted by Gasteiger charge is 2.46. The summed E-state index contributed by atoms with van der Waals surface area (Å²) >= 11 is 0. The zero-order valence-corrected chi connectivity index (χ0v) is 59.2. The number of benzene rings is 3. The Kier molecular flexibility index (Phi) is 31.9. The quantitative estimate of drug-likeness (QED) is 0.0326. The highest BCUT2D eigenvalue weighted by Crippen LogP contribution is 2.46. The summed E-state index contributed by atoms with van der Waals surface area (Å²) in [5, 5.41) is 11.8. The summed E-state index contributed by atoms with van der Waals surface area (Å²) < 4.78 is 36.5. The van der Waals surface area contributed by atoms with Gasteiger partial charge >= 0.3 is 36.4 Å². The van der Waals surface area contributed by atoms with E-state index in [-0.39, 0.29) is 41.9 Å². The molecular formula is C76H117N5O14. The number of nitrogens with zero attached hydrogens (tertiary/aromatic N) is 3. The van der Waals surface area contributed by atoms with Gasteiger partial charge in [-0.25, -0.2) is 14.4 Å². The van der Waals surface area contributed by atoms with Crippen molar-refractivity contribution in [2.24, 2.45) is 51.9 Å². The van der Waals surface area contributed by atoms with Gasteiger partial charge in [0.1, 0.15) is 23.4 Å². The lowest BCUT2D eigenvalue weighted by molar-refractivity contribution is -0.147. The molecule has 530 valence electrons. The summed E-state index contributed by atoms with van der Waals surface area (Å²) in [6, 6.07) is 22.7. The van der Waals surface area contributed by atoms with Crippen LogP contribution in [-0.2, 0) is 38.9 Å². The third-order valence-electron chi connectivity index (χ3n) is 20.7. The van der Waals surface area contributed by atoms with Crippen LogP contribution in [0.3, 0.4) is 0 Å². The molecule has 0 bridgehead atoms. The molecule has 5 fully saturated rings. The van der Waals surface area contributed by atoms with Gasteiger partial charge in [-0.05, 0) is 232 Å². The fourth-order valence-electron chi connectivity index (χ4n) is 15.8. The molecular weight excluding hydrogens is 1210 g/mol. The lowest BCUT2D eigenvalue weighted by atomic mass is 9.70. The van der Waals surface area contributed by atoms with Crippen molar-refractivity contribution in [3.63, 3.8) is 0 Å². The van der Waals surface area contributed by atoms with Gasteiger partial charge in [0.05, 0.1) is 32.0 Å². The number of hydrogen-bond acceptors (Lipinski definition) is 19. The lowest BCUT2D eigenvalue weighted by Gasteiger charge is -2.44. The van der Waals surface area contributed by atoms with Crippen molar-refractivity contribution < 1.29 is 67.0 Å². The summed E-state index contributed by atoms with van der Waals surface area (Å²) in [6.45, 7) is 9.86. The minimum atomic E-state index is -1.21. The monoisotopic (exact) mass is 1320 g/mol. The number of esters is 3. The maximum atomic E-state index is 12.5. The Bertz CT molecular complexity index is 2870. The number of ether oxygens (including phenoxy) is 7. The zero-order chi connectivity index (χ0) is 69.1. The Hall–Kier alpha value is -5.96. The minimum Gasteiger partial charge on any atom is -0.497 e. The van der Waals surface area contributed by atoms with Gasteiger partial charge in [-0.3, -0.25) is 14.4 Å². The molecule has 19 heteroatoms. The summed E-state index contributed by atoms with van der Waals surface area (Å²) in [5.74, 6) is 2.35. The predicted octanol–water partition coefficient (Wildman–Crippen LogP) is 14.5. The maximum absolute atomic E-state index is 12.5. The van der Waals surface area contributed by atoms with Crippen LogP contribution in [0.5, 0.6) is 17.2 Å². The number of carbonyl (C=O) groups excluding carboxylic acids is 6. The van der Waals surface area contributed by atoms with Crippen LogP contribution < -0.4 is 25.7 Å². The van der Waals surface area contributed by atoms with Crippen molar-refractivity contribution in [2.75, 3.05) is 82.1 Å². The van der Waals surface area contributed by atoms with E-state index in [1.165, 1.54) is 56.1 Å². The van der Waals surface area contributed by atoms with E-state index in [9.17, 15) is 33.9 Å². The van der Waals surface area contributed by atoms with Crippen LogP contribution in [-0.4, -0.2) is 144 Å². The SMILES string of the molecule is CC(C)CC(CN)CC(=O)OC(=O)Oc1cccc(C2CCCCC2CN(C)C)c1.CCC1(CC(=O)OC(=O)Oc2cccc(C3CCCCC3CN(C)C)c2)CCCCC1.COc1cccc(C2(O)CC(OC(=O)OC(=O)CC3(CN)CCCCC3)CCC2CN(C)C)c1. The summed E-state index contributed by atoms with van der Waals surface area (Å²) in [7, 11) is 14.0. The first-order valence-corrected chi connectivity index (χ1v) is 35.6. The molecule has 8 unspecified atom stereocenters. The average Bonchev–Trinajstić information content (AvgIpc) is 0.783. The van der Waals surface area contributed by atoms with E-state index in [1.807, 2.05) is 67.5 Å². The third-order valence-corrected chi connectivity index (χ3v) is 20.7. The molecule has 3 aromatic rings. The van der Waals surface area contributed by atoms with Crippen LogP contribution in [0.15, 0.2) is 72.8 Å². The Morgan fingerprint density at radius 1 is 0.558 bits per heavy atom. The van der Waals surface area contributed by atoms with E-state index in [0.29, 0.717) is 85.7 Å². The number of hydrogen-bond donors (Lipinski definition) is 3. The molecule has 0 saturated heterocycles. The molecule has 95 heavy (non-hydrogen) atoms. The van der Waals surface area contributed by atoms with E-state index >= 15 is 0 Å². The van der Waals surface area contributed by atoms with E-state index in [0.717, 1.165) is 102 Å². The van der Waals surface area contributed by atoms with Gasteiger partial charge in [-0.15, -0.1) is 0 Å². The van der Waals surface area contributed by atoms with Crippen LogP contribution in [0.2, 0.25) is 0 Å². The van der Waals surface area contributed by atoms with Crippen LogP contribution in [0.25, 0.3) is 0 Å². The van der Waals surface area contributed by atoms with Crippen LogP contribution >= 0.6 is 0 Å². The summed E-state index contributed by atoms with van der Waals surface area (Å²) in [5.41, 5.74) is 13.3. The molecule has 0 aromatic heterocycles. The standard InChI is InChI=1S/C26H40N2O6.C26H39NO4.C24H38N2O4/c1-28(2)17-20-10-11-22(15-26(20,31)19-8-7-9-21(14-19)32-3)33-24(30)34-23(29)16-25(18-27)12-5-4-6-13-25;1-4-26(15-8-5-9-16-26)18-24(28)31-25(29)30-22-13-10-12-20(17-22)23-14-7-6-11-21(23)19-27(2)3;1-17(2)12-18(15-25)13-23(27)30-24(28)29-21-10-7-9-19(14-21)22-11-6-5-8-20(22)16-26(3)4/h7-9,14,20,22,31H,4-6,10-13,15-18,27H2,1-3H3;10,12-13,17,21,23H,4-9,11,14-16,18-19H2,1-3H3;7,9-10,14,17-18,20,22H,5-6,8,11-13,15-16,25H2,1-4H3. The van der Waals surface area contributed by atoms with Gasteiger partial charge in [-0.2, -0.15) is 0 Å². The molecule has 3 aromatic carbocycles. The van der Waals surface area contributed by atoms with Crippen molar-refractivity contribution in [1.29, 1.82) is 0 Å². The van der Waals surface area contributed by atoms with Gasteiger partial charge in [-0.1, -0.05) is 121 Å². The van der Waals surface area contributed by atoms with Crippen molar-refractivity contribution >= 4 is 36.4 Å². The highest BCUT2D eigenvalue weighted by molar-refractivity contribution is 5.84. The van der Waals surface area contributed by atoms with Crippen LogP contribution in [0.1, 0.15) is 216 Å². The second-order valence-electron chi connectivity index (χ2n) is 29.5. The maximum Gasteiger partial charge on any atom is 0.521 e. The fraction of sp³-hybridized carbons (Fsp3) is 0.684. The number of methoxy groups -OCH3 is 1. The molecule has 5 saturated carbocycles. The third kappa shape index (κ3) is 25.4. The molecule has 0 heterocycles. The summed E-state index contributed by atoms with van der Waals surface area (Å²) in [4.78, 5) is 80.3. The molecule has 5 aliphatic rings. The van der Waals surface area contributed by atoms with Gasteiger partial charge in [0, 0.05) is 32.0 Å². The largest absolute Gasteiger partial charge is 0.521 e. The lowest BCUT2D eigenvalue weighted by Crippen LogP contribution is -2.47. The van der Waals surface area contributed by atoms with E-state index in [1.54, 1.807) is 19.2 Å². The molecule has 0 radical (unpaired) electrons. The number of aliphatic hydroxyl groups is 1. The number of carbonyl (C=O) groups is 6. The summed E-state index contributed by atoms with van der Waals surface area (Å²) in [6.07, 6.45) is 20.6. The van der Waals surface area contributed by atoms with Gasteiger partial charge < -0.3 is 64.4 Å². The van der Waals surface area contributed by atoms with Crippen molar-refractivity contribution in [3.05, 3.63) is 89.5 Å². The van der Waals surface area contributed by atoms with Crippen LogP contribution in [0.4, 0.5) is 14.4 Å². The van der Waals surface area contributed by atoms with Crippen molar-refractivity contribution in [1.82, 2.24) is 14.7 Å². The smallest absolute Gasteiger partial charge is 0.497 e. The second kappa shape index (κ2) is 38.8. The fourth-order valence-corrected chi connectivity index (χ4v) is 15.8. The Morgan fingerprint density at radius 2 is 1.03 bits per heavy atom. The van der Waals surface area contributed by atoms with Gasteiger partial charge in [0.15, 0.2) is 0 Å². The first-order valence-electron chi connectivity index (χ1n) is 35.6. The molecule has 0 spiro atoms. The Balaban J connectivity index is 0.000000226. The van der Waals surface area contributed by atoms with E-state index < -0.39 is 48.1 Å². The zero-order valence-electron chi connectivity index (χ0n) is 59.2. The number of rotatable bonds is 24. The first-order chi connectivity index (χ1) is 45.4. The van der Waals surface area contributed by atoms with Crippen LogP contribution in [0, 0.1) is 40.4 Å². The van der Waals surface area contributed by atoms with E-state index in [4.69, 9.17) is 44.6 Å². The number of nitrogens with two attached hydrogens (primary N) is 2. The Labute approximate surface area is 567 Å². The molecule has 0 aliphatic heterocycles. The molecule has 0 amide bonds. The second-order valence-corrected chi connectivity index (χ2v) is 29.5. The van der Waals surface area contributed by atoms with Gasteiger partial charge in [0.2, 0.25) is 0 Å². The predicted molar refractivity (Wildman–Crippen MR) is 369 cm³/mol. The molecule has 5 aliphatic carbocycles. The van der Waals surface area contributed by atoms with E-state index in [2.05, 4.69) is 70.9 Å². The Morgan fingerprint density at radius 3 is 1.52 bits per heavy atom. The first kappa shape index (κ1) is 78.0. The molecule has 8 atom stereocenters. The van der Waals surface area contributed by atoms with Crippen molar-refractivity contribution in [2.45, 2.75) is 211 Å². The molecule has 8 rings (SSSR count). The van der Waals surface area contributed by atoms with Crippen molar-refractivity contribution in [3.8, 4) is 17.2 Å². The molecule has 19 nitrogen and oxygen atoms in total. The average molecular weight is 1320 g/mol. The topological polar surface area (TPSA) is 249 Å². The molecule has 5 N–H and O–H groups in total. The van der Waals surface area contributed by atoms with Gasteiger partial charge in [0.25, 0.3) is 0 Å².